The number of hydrogen-bond donors (Lipinski definition) is 1. The Balaban J connectivity index is 1.56. The van der Waals surface area contributed by atoms with Crippen LogP contribution in [0.3, 0.4) is 0 Å². The fourth-order valence-electron chi connectivity index (χ4n) is 3.49. The number of nitrogens with one attached hydrogen (secondary N) is 1. The SMILES string of the molecule is CC(=O)NC(=O)c1cc2ccccc2oc1=Nc1ccc(-c2nc3ccc(C)cc3s2)cc1. The third-order valence-corrected chi connectivity index (χ3v) is 6.15. The van der Waals surface area contributed by atoms with Gasteiger partial charge in [-0.15, -0.1) is 11.3 Å². The van der Waals surface area contributed by atoms with Gasteiger partial charge in [0.1, 0.15) is 16.2 Å². The predicted molar refractivity (Wildman–Crippen MR) is 129 cm³/mol. The normalized spacial score (nSPS) is 11.8. The van der Waals surface area contributed by atoms with Gasteiger partial charge in [0.2, 0.25) is 11.5 Å². The average Bonchev–Trinajstić information content (AvgIpc) is 3.22. The van der Waals surface area contributed by atoms with Crippen LogP contribution in [-0.4, -0.2) is 16.8 Å². The monoisotopic (exact) mass is 453 g/mol. The molecule has 7 heteroatoms. The summed E-state index contributed by atoms with van der Waals surface area (Å²) in [5.41, 5.74) is 4.70. The molecule has 33 heavy (non-hydrogen) atoms. The topological polar surface area (TPSA) is 84.6 Å². The van der Waals surface area contributed by atoms with Crippen molar-refractivity contribution < 1.29 is 14.0 Å². The molecule has 0 spiro atoms. The van der Waals surface area contributed by atoms with Gasteiger partial charge in [-0.1, -0.05) is 24.3 Å². The van der Waals surface area contributed by atoms with E-state index in [1.807, 2.05) is 48.5 Å². The zero-order chi connectivity index (χ0) is 22.9. The van der Waals surface area contributed by atoms with E-state index in [0.29, 0.717) is 11.3 Å². The van der Waals surface area contributed by atoms with Crippen LogP contribution >= 0.6 is 11.3 Å². The summed E-state index contributed by atoms with van der Waals surface area (Å²) in [4.78, 5) is 33.3. The van der Waals surface area contributed by atoms with E-state index >= 15 is 0 Å². The van der Waals surface area contributed by atoms with Crippen molar-refractivity contribution in [2.24, 2.45) is 4.99 Å². The van der Waals surface area contributed by atoms with E-state index in [0.717, 1.165) is 26.2 Å². The van der Waals surface area contributed by atoms with Crippen LogP contribution in [0, 0.1) is 6.92 Å². The van der Waals surface area contributed by atoms with E-state index in [9.17, 15) is 9.59 Å². The molecular formula is C26H19N3O3S. The van der Waals surface area contributed by atoms with Crippen LogP contribution in [0.15, 0.2) is 82.2 Å². The molecule has 0 fully saturated rings. The predicted octanol–water partition coefficient (Wildman–Crippen LogP) is 5.53. The van der Waals surface area contributed by atoms with Crippen LogP contribution in [0.25, 0.3) is 31.8 Å². The Labute approximate surface area is 193 Å². The first-order valence-electron chi connectivity index (χ1n) is 10.3. The van der Waals surface area contributed by atoms with Crippen molar-refractivity contribution in [2.45, 2.75) is 13.8 Å². The molecule has 0 saturated heterocycles. The van der Waals surface area contributed by atoms with Gasteiger partial charge in [-0.05, 0) is 61.0 Å². The Bertz CT molecular complexity index is 1600. The quantitative estimate of drug-likeness (QED) is 0.389. The van der Waals surface area contributed by atoms with Crippen LogP contribution in [0.5, 0.6) is 0 Å². The van der Waals surface area contributed by atoms with Gasteiger partial charge < -0.3 is 4.42 Å². The highest BCUT2D eigenvalue weighted by molar-refractivity contribution is 7.21. The molecular weight excluding hydrogens is 434 g/mol. The van der Waals surface area contributed by atoms with Crippen LogP contribution in [0.2, 0.25) is 0 Å². The second kappa shape index (κ2) is 8.44. The number of hydrogen-bond acceptors (Lipinski definition) is 6. The number of benzene rings is 3. The van der Waals surface area contributed by atoms with Gasteiger partial charge in [-0.25, -0.2) is 9.98 Å². The van der Waals surface area contributed by atoms with Crippen LogP contribution in [-0.2, 0) is 4.79 Å². The van der Waals surface area contributed by atoms with E-state index < -0.39 is 11.8 Å². The lowest BCUT2D eigenvalue weighted by atomic mass is 10.1. The van der Waals surface area contributed by atoms with Gasteiger partial charge in [0.05, 0.1) is 15.9 Å². The standard InChI is InChI=1S/C26H19N3O3S/c1-15-7-12-21-23(13-15)33-26(29-21)17-8-10-19(11-9-17)28-25-20(24(31)27-16(2)30)14-18-5-3-4-6-22(18)32-25/h3-14H,1-2H3,(H,27,30,31). The summed E-state index contributed by atoms with van der Waals surface area (Å²) in [6.07, 6.45) is 0. The number of rotatable bonds is 3. The number of carbonyl (C=O) groups excluding carboxylic acids is 2. The molecule has 162 valence electrons. The molecule has 0 saturated carbocycles. The van der Waals surface area contributed by atoms with E-state index in [2.05, 4.69) is 29.4 Å². The first kappa shape index (κ1) is 20.8. The van der Waals surface area contributed by atoms with Crippen molar-refractivity contribution in [3.63, 3.8) is 0 Å². The van der Waals surface area contributed by atoms with Crippen LogP contribution in [0.1, 0.15) is 22.8 Å². The molecule has 0 aliphatic carbocycles. The van der Waals surface area contributed by atoms with Gasteiger partial charge >= 0.3 is 0 Å². The summed E-state index contributed by atoms with van der Waals surface area (Å²) in [5, 5.41) is 3.96. The van der Waals surface area contributed by atoms with Crippen LogP contribution < -0.4 is 10.9 Å². The number of thiazole rings is 1. The summed E-state index contributed by atoms with van der Waals surface area (Å²) in [6.45, 7) is 3.35. The minimum Gasteiger partial charge on any atom is -0.438 e. The Morgan fingerprint density at radius 3 is 2.58 bits per heavy atom. The number of aryl methyl sites for hydroxylation is 1. The van der Waals surface area contributed by atoms with Gasteiger partial charge in [-0.2, -0.15) is 0 Å². The second-order valence-corrected chi connectivity index (χ2v) is 8.69. The number of carbonyl (C=O) groups is 2. The minimum atomic E-state index is -0.558. The Morgan fingerprint density at radius 1 is 1.00 bits per heavy atom. The smallest absolute Gasteiger partial charge is 0.263 e. The maximum atomic E-state index is 12.6. The first-order chi connectivity index (χ1) is 16.0. The highest BCUT2D eigenvalue weighted by Gasteiger charge is 2.14. The lowest BCUT2D eigenvalue weighted by Crippen LogP contribution is -2.32. The summed E-state index contributed by atoms with van der Waals surface area (Å²) in [7, 11) is 0. The fraction of sp³-hybridized carbons (Fsp3) is 0.0769. The van der Waals surface area contributed by atoms with Crippen molar-refractivity contribution in [3.8, 4) is 10.6 Å². The average molecular weight is 454 g/mol. The number of fused-ring (bicyclic) bond motifs is 2. The highest BCUT2D eigenvalue weighted by Crippen LogP contribution is 2.31. The molecule has 2 amide bonds. The molecule has 0 bridgehead atoms. The Kier molecular flexibility index (Phi) is 5.32. The van der Waals surface area contributed by atoms with Crippen molar-refractivity contribution >= 4 is 50.0 Å². The molecule has 0 aliphatic rings. The lowest BCUT2D eigenvalue weighted by Gasteiger charge is -2.05. The zero-order valence-corrected chi connectivity index (χ0v) is 18.8. The summed E-state index contributed by atoms with van der Waals surface area (Å²) in [6, 6.07) is 22.8. The Hall–Kier alpha value is -4.10. The second-order valence-electron chi connectivity index (χ2n) is 7.66. The minimum absolute atomic E-state index is 0.135. The number of nitrogens with zero attached hydrogens (tertiary/aromatic N) is 2. The number of imide groups is 1. The Morgan fingerprint density at radius 2 is 1.79 bits per heavy atom. The van der Waals surface area contributed by atoms with Crippen molar-refractivity contribution in [1.29, 1.82) is 0 Å². The molecule has 2 heterocycles. The first-order valence-corrected chi connectivity index (χ1v) is 11.1. The van der Waals surface area contributed by atoms with Crippen LogP contribution in [0.4, 0.5) is 5.69 Å². The molecule has 5 rings (SSSR count). The molecule has 5 aromatic rings. The number of para-hydroxylation sites is 1. The fourth-order valence-corrected chi connectivity index (χ4v) is 4.56. The van der Waals surface area contributed by atoms with E-state index in [-0.39, 0.29) is 11.1 Å². The van der Waals surface area contributed by atoms with E-state index in [1.165, 1.54) is 12.5 Å². The lowest BCUT2D eigenvalue weighted by molar-refractivity contribution is -0.118. The van der Waals surface area contributed by atoms with Crippen molar-refractivity contribution in [1.82, 2.24) is 10.3 Å². The maximum Gasteiger partial charge on any atom is 0.263 e. The van der Waals surface area contributed by atoms with Gasteiger partial charge in [0, 0.05) is 17.9 Å². The third-order valence-electron chi connectivity index (χ3n) is 5.08. The van der Waals surface area contributed by atoms with Gasteiger partial charge in [0.25, 0.3) is 5.91 Å². The summed E-state index contributed by atoms with van der Waals surface area (Å²) < 4.78 is 7.06. The molecule has 3 aromatic carbocycles. The van der Waals surface area contributed by atoms with Gasteiger partial charge in [0.15, 0.2) is 0 Å². The van der Waals surface area contributed by atoms with Gasteiger partial charge in [-0.3, -0.25) is 14.9 Å². The molecule has 0 radical (unpaired) electrons. The molecule has 0 unspecified atom stereocenters. The van der Waals surface area contributed by atoms with Crippen molar-refractivity contribution in [2.75, 3.05) is 0 Å². The number of aromatic nitrogens is 1. The maximum absolute atomic E-state index is 12.6. The third kappa shape index (κ3) is 4.31. The molecule has 0 atom stereocenters. The molecule has 0 aliphatic heterocycles. The number of amides is 2. The zero-order valence-electron chi connectivity index (χ0n) is 18.0. The molecule has 1 N–H and O–H groups in total. The highest BCUT2D eigenvalue weighted by atomic mass is 32.1. The molecule has 2 aromatic heterocycles. The summed E-state index contributed by atoms with van der Waals surface area (Å²) >= 11 is 1.64. The largest absolute Gasteiger partial charge is 0.438 e. The molecule has 6 nitrogen and oxygen atoms in total. The summed E-state index contributed by atoms with van der Waals surface area (Å²) in [5.74, 6) is -1.01. The van der Waals surface area contributed by atoms with E-state index in [1.54, 1.807) is 23.5 Å². The van der Waals surface area contributed by atoms with E-state index in [4.69, 9.17) is 9.40 Å². The van der Waals surface area contributed by atoms with Crippen molar-refractivity contribution in [3.05, 3.63) is 89.5 Å².